The molecule has 2 heterocycles. The fraction of sp³-hybridized carbons (Fsp3) is 0.370. The number of carboxylic acid groups (broad SMARTS) is 1. The van der Waals surface area contributed by atoms with E-state index in [1.165, 1.54) is 28.4 Å². The summed E-state index contributed by atoms with van der Waals surface area (Å²) in [6.07, 6.45) is 6.71. The van der Waals surface area contributed by atoms with Crippen LogP contribution >= 0.6 is 0 Å². The van der Waals surface area contributed by atoms with Crippen LogP contribution in [0.4, 0.5) is 0 Å². The molecule has 0 atom stereocenters. The van der Waals surface area contributed by atoms with Gasteiger partial charge < -0.3 is 10.1 Å². The van der Waals surface area contributed by atoms with Crippen molar-refractivity contribution < 1.29 is 9.90 Å². The van der Waals surface area contributed by atoms with Gasteiger partial charge in [0.1, 0.15) is 0 Å². The number of aryl methyl sites for hydroxylation is 2. The van der Waals surface area contributed by atoms with Gasteiger partial charge in [0.05, 0.1) is 6.20 Å². The number of aromatic carboxylic acids is 1. The Morgan fingerprint density at radius 2 is 1.82 bits per heavy atom. The van der Waals surface area contributed by atoms with Crippen molar-refractivity contribution in [3.05, 3.63) is 83.3 Å². The maximum Gasteiger partial charge on any atom is 0.358 e. The predicted molar refractivity (Wildman–Crippen MR) is 132 cm³/mol. The summed E-state index contributed by atoms with van der Waals surface area (Å²) in [6.45, 7) is 0.591. The van der Waals surface area contributed by atoms with Gasteiger partial charge in [-0.2, -0.15) is 0 Å². The molecule has 2 aromatic heterocycles. The third kappa shape index (κ3) is 4.01. The molecule has 1 aliphatic carbocycles. The van der Waals surface area contributed by atoms with Crippen LogP contribution in [-0.4, -0.2) is 50.0 Å². The van der Waals surface area contributed by atoms with Gasteiger partial charge in [-0.25, -0.2) is 4.79 Å². The maximum absolute atomic E-state index is 11.2. The number of aromatic amines is 1. The summed E-state index contributed by atoms with van der Waals surface area (Å²) in [5, 5.41) is 18.1. The van der Waals surface area contributed by atoms with Gasteiger partial charge in [0.15, 0.2) is 5.69 Å². The van der Waals surface area contributed by atoms with Crippen LogP contribution in [0, 0.1) is 0 Å². The average Bonchev–Trinajstić information content (AvgIpc) is 3.48. The minimum Gasteiger partial charge on any atom is -0.476 e. The summed E-state index contributed by atoms with van der Waals surface area (Å²) in [6, 6.07) is 19.3. The number of carboxylic acids is 1. The average molecular weight is 458 g/mol. The van der Waals surface area contributed by atoms with E-state index in [9.17, 15) is 4.79 Å². The highest BCUT2D eigenvalue weighted by Gasteiger charge is 2.39. The lowest BCUT2D eigenvalue weighted by Gasteiger charge is -2.45. The first-order valence-electron chi connectivity index (χ1n) is 11.9. The van der Waals surface area contributed by atoms with E-state index >= 15 is 0 Å². The lowest BCUT2D eigenvalue weighted by molar-refractivity contribution is 0.0690. The topological polar surface area (TPSA) is 87.0 Å². The number of benzene rings is 2. The quantitative estimate of drug-likeness (QED) is 0.416. The van der Waals surface area contributed by atoms with Gasteiger partial charge >= 0.3 is 5.97 Å². The molecule has 4 aromatic rings. The third-order valence-electron chi connectivity index (χ3n) is 7.58. The molecule has 0 saturated heterocycles. The summed E-state index contributed by atoms with van der Waals surface area (Å²) in [5.74, 6) is -0.589. The number of hydrogen-bond donors (Lipinski definition) is 2. The standard InChI is InChI=1S/C27H31N5O2/c1-31(2)27(20-8-4-3-5-9-20)15-12-19(13-16-27)25-22(21-10-6-7-11-23(21)28-25)14-17-32-18-24(26(33)34)29-30-32/h3-11,18-19,28H,12-17H2,1-2H3,(H,33,34). The number of nitrogens with one attached hydrogen (secondary N) is 1. The minimum atomic E-state index is -1.05. The fourth-order valence-corrected chi connectivity index (χ4v) is 5.70. The van der Waals surface area contributed by atoms with Crippen LogP contribution in [-0.2, 0) is 18.5 Å². The number of carbonyl (C=O) groups is 1. The summed E-state index contributed by atoms with van der Waals surface area (Å²) in [7, 11) is 4.40. The molecule has 0 aliphatic heterocycles. The lowest BCUT2D eigenvalue weighted by Crippen LogP contribution is -2.44. The molecule has 0 bridgehead atoms. The molecular formula is C27H31N5O2. The normalized spacial score (nSPS) is 20.7. The highest BCUT2D eigenvalue weighted by atomic mass is 16.4. The summed E-state index contributed by atoms with van der Waals surface area (Å²) in [5.41, 5.74) is 5.23. The SMILES string of the molecule is CN(C)C1(c2ccccc2)CCC(c2[nH]c3ccccc3c2CCn2cc(C(=O)O)nn2)CC1. The highest BCUT2D eigenvalue weighted by molar-refractivity contribution is 5.85. The van der Waals surface area contributed by atoms with Gasteiger partial charge in [-0.15, -0.1) is 5.10 Å². The smallest absolute Gasteiger partial charge is 0.358 e. The van der Waals surface area contributed by atoms with Crippen molar-refractivity contribution in [3.63, 3.8) is 0 Å². The molecule has 1 fully saturated rings. The summed E-state index contributed by atoms with van der Waals surface area (Å²) >= 11 is 0. The van der Waals surface area contributed by atoms with Crippen molar-refractivity contribution in [2.75, 3.05) is 14.1 Å². The van der Waals surface area contributed by atoms with Crippen molar-refractivity contribution in [2.24, 2.45) is 0 Å². The van der Waals surface area contributed by atoms with Crippen LogP contribution in [0.25, 0.3) is 10.9 Å². The molecule has 0 radical (unpaired) electrons. The molecule has 2 aromatic carbocycles. The molecule has 0 amide bonds. The minimum absolute atomic E-state index is 0.0210. The molecule has 1 aliphatic rings. The summed E-state index contributed by atoms with van der Waals surface area (Å²) in [4.78, 5) is 17.3. The van der Waals surface area contributed by atoms with Crippen molar-refractivity contribution in [2.45, 2.75) is 50.1 Å². The monoisotopic (exact) mass is 457 g/mol. The number of rotatable bonds is 7. The molecule has 1 saturated carbocycles. The maximum atomic E-state index is 11.2. The Bertz CT molecular complexity index is 1280. The van der Waals surface area contributed by atoms with Gasteiger partial charge in [0.25, 0.3) is 0 Å². The fourth-order valence-electron chi connectivity index (χ4n) is 5.70. The van der Waals surface area contributed by atoms with E-state index in [0.29, 0.717) is 12.5 Å². The van der Waals surface area contributed by atoms with E-state index in [0.717, 1.165) is 37.6 Å². The second-order valence-corrected chi connectivity index (χ2v) is 9.55. The van der Waals surface area contributed by atoms with Gasteiger partial charge in [0, 0.05) is 28.7 Å². The van der Waals surface area contributed by atoms with Crippen LogP contribution < -0.4 is 0 Å². The van der Waals surface area contributed by atoms with Crippen molar-refractivity contribution >= 4 is 16.9 Å². The van der Waals surface area contributed by atoms with Crippen LogP contribution in [0.15, 0.2) is 60.8 Å². The van der Waals surface area contributed by atoms with Crippen LogP contribution in [0.1, 0.15) is 58.9 Å². The second kappa shape index (κ2) is 9.06. The van der Waals surface area contributed by atoms with Crippen molar-refractivity contribution in [1.82, 2.24) is 24.9 Å². The Kier molecular flexibility index (Phi) is 5.96. The van der Waals surface area contributed by atoms with E-state index in [1.54, 1.807) is 4.68 Å². The Labute approximate surface area is 199 Å². The molecule has 0 spiro atoms. The Morgan fingerprint density at radius 1 is 1.12 bits per heavy atom. The molecule has 5 rings (SSSR count). The largest absolute Gasteiger partial charge is 0.476 e. The van der Waals surface area contributed by atoms with Crippen LogP contribution in [0.2, 0.25) is 0 Å². The van der Waals surface area contributed by atoms with E-state index < -0.39 is 5.97 Å². The van der Waals surface area contributed by atoms with Crippen LogP contribution in [0.3, 0.4) is 0 Å². The van der Waals surface area contributed by atoms with E-state index in [4.69, 9.17) is 5.11 Å². The van der Waals surface area contributed by atoms with Gasteiger partial charge in [0.2, 0.25) is 0 Å². The Balaban J connectivity index is 1.41. The zero-order valence-electron chi connectivity index (χ0n) is 19.7. The van der Waals surface area contributed by atoms with Crippen molar-refractivity contribution in [3.8, 4) is 0 Å². The number of hydrogen-bond acceptors (Lipinski definition) is 4. The molecule has 0 unspecified atom stereocenters. The third-order valence-corrected chi connectivity index (χ3v) is 7.58. The molecule has 7 nitrogen and oxygen atoms in total. The number of H-pyrrole nitrogens is 1. The molecule has 2 N–H and O–H groups in total. The molecule has 176 valence electrons. The van der Waals surface area contributed by atoms with Crippen LogP contribution in [0.5, 0.6) is 0 Å². The van der Waals surface area contributed by atoms with E-state index in [2.05, 4.69) is 88.9 Å². The number of para-hydroxylation sites is 1. The zero-order chi connectivity index (χ0) is 23.7. The second-order valence-electron chi connectivity index (χ2n) is 9.55. The first-order chi connectivity index (χ1) is 16.5. The first-order valence-corrected chi connectivity index (χ1v) is 11.9. The highest BCUT2D eigenvalue weighted by Crippen LogP contribution is 2.47. The first kappa shape index (κ1) is 22.3. The van der Waals surface area contributed by atoms with Crippen molar-refractivity contribution in [1.29, 1.82) is 0 Å². The van der Waals surface area contributed by atoms with Gasteiger partial charge in [-0.1, -0.05) is 53.7 Å². The van der Waals surface area contributed by atoms with Gasteiger partial charge in [-0.05, 0) is 69.3 Å². The predicted octanol–water partition coefficient (Wildman–Crippen LogP) is 4.82. The lowest BCUT2D eigenvalue weighted by atomic mass is 9.70. The van der Waals surface area contributed by atoms with Gasteiger partial charge in [-0.3, -0.25) is 9.58 Å². The molecular weight excluding hydrogens is 426 g/mol. The zero-order valence-corrected chi connectivity index (χ0v) is 19.7. The van der Waals surface area contributed by atoms with E-state index in [-0.39, 0.29) is 11.2 Å². The molecule has 34 heavy (non-hydrogen) atoms. The number of aromatic nitrogens is 4. The summed E-state index contributed by atoms with van der Waals surface area (Å²) < 4.78 is 1.63. The Hall–Kier alpha value is -3.45. The number of fused-ring (bicyclic) bond motifs is 1. The Morgan fingerprint density at radius 3 is 2.50 bits per heavy atom. The molecule has 7 heteroatoms. The van der Waals surface area contributed by atoms with E-state index in [1.807, 2.05) is 0 Å². The number of nitrogens with zero attached hydrogens (tertiary/aromatic N) is 4.